The van der Waals surface area contributed by atoms with Crippen LogP contribution in [0.4, 0.5) is 11.5 Å². The van der Waals surface area contributed by atoms with Gasteiger partial charge in [0.15, 0.2) is 0 Å². The minimum atomic E-state index is -0.449. The van der Waals surface area contributed by atoms with Crippen molar-refractivity contribution in [2.75, 3.05) is 18.4 Å². The first-order valence-corrected chi connectivity index (χ1v) is 8.23. The van der Waals surface area contributed by atoms with Crippen LogP contribution in [0.2, 0.25) is 0 Å². The lowest BCUT2D eigenvalue weighted by Crippen LogP contribution is -2.32. The van der Waals surface area contributed by atoms with Crippen LogP contribution in [0, 0.1) is 10.1 Å². The summed E-state index contributed by atoms with van der Waals surface area (Å²) in [6.07, 6.45) is 9.15. The normalized spacial score (nSPS) is 16.4. The lowest BCUT2D eigenvalue weighted by atomic mass is 10.1. The molecule has 0 aromatic carbocycles. The van der Waals surface area contributed by atoms with E-state index in [0.717, 1.165) is 13.1 Å². The molecule has 0 radical (unpaired) electrons. The highest BCUT2D eigenvalue weighted by Crippen LogP contribution is 2.24. The van der Waals surface area contributed by atoms with E-state index < -0.39 is 4.92 Å². The average molecular weight is 357 g/mol. The van der Waals surface area contributed by atoms with Gasteiger partial charge in [0.05, 0.1) is 9.40 Å². The van der Waals surface area contributed by atoms with E-state index in [-0.39, 0.29) is 5.69 Å². The minimum absolute atomic E-state index is 0.0102. The lowest BCUT2D eigenvalue weighted by molar-refractivity contribution is -0.385. The van der Waals surface area contributed by atoms with Crippen molar-refractivity contribution in [1.29, 1.82) is 0 Å². The molecule has 1 aromatic heterocycles. The van der Waals surface area contributed by atoms with Crippen molar-refractivity contribution in [3.63, 3.8) is 0 Å². The van der Waals surface area contributed by atoms with Gasteiger partial charge in [-0.1, -0.05) is 25.7 Å². The van der Waals surface area contributed by atoms with Crippen LogP contribution in [-0.4, -0.2) is 29.0 Å². The van der Waals surface area contributed by atoms with E-state index in [2.05, 4.69) is 31.5 Å². The molecule has 0 amide bonds. The van der Waals surface area contributed by atoms with E-state index in [4.69, 9.17) is 0 Å². The number of halogens is 1. The largest absolute Gasteiger partial charge is 0.368 e. The molecule has 0 atom stereocenters. The number of pyridine rings is 1. The van der Waals surface area contributed by atoms with Crippen LogP contribution in [-0.2, 0) is 0 Å². The summed E-state index contributed by atoms with van der Waals surface area (Å²) < 4.78 is 0.617. The molecule has 2 rings (SSSR count). The van der Waals surface area contributed by atoms with E-state index in [1.165, 1.54) is 50.8 Å². The maximum absolute atomic E-state index is 10.6. The van der Waals surface area contributed by atoms with Gasteiger partial charge in [0.25, 0.3) is 5.69 Å². The summed E-state index contributed by atoms with van der Waals surface area (Å²) in [6.45, 7) is 1.62. The van der Waals surface area contributed by atoms with Crippen molar-refractivity contribution in [3.8, 4) is 0 Å². The van der Waals surface area contributed by atoms with Crippen LogP contribution in [0.25, 0.3) is 0 Å². The van der Waals surface area contributed by atoms with Crippen molar-refractivity contribution in [2.24, 2.45) is 0 Å². The first-order chi connectivity index (χ1) is 10.2. The third-order valence-electron chi connectivity index (χ3n) is 3.74. The molecular formula is C14H21BrN4O2. The Labute approximate surface area is 133 Å². The quantitative estimate of drug-likeness (QED) is 0.353. The second-order valence-electron chi connectivity index (χ2n) is 5.35. The lowest BCUT2D eigenvalue weighted by Gasteiger charge is -2.16. The van der Waals surface area contributed by atoms with Gasteiger partial charge in [-0.15, -0.1) is 0 Å². The molecule has 116 valence electrons. The van der Waals surface area contributed by atoms with Crippen molar-refractivity contribution in [1.82, 2.24) is 10.3 Å². The summed E-state index contributed by atoms with van der Waals surface area (Å²) >= 11 is 3.30. The Kier molecular flexibility index (Phi) is 6.38. The molecule has 2 N–H and O–H groups in total. The van der Waals surface area contributed by atoms with Crippen molar-refractivity contribution < 1.29 is 4.92 Å². The summed E-state index contributed by atoms with van der Waals surface area (Å²) in [4.78, 5) is 14.3. The molecule has 7 heteroatoms. The summed E-state index contributed by atoms with van der Waals surface area (Å²) in [5.41, 5.74) is -0.0102. The molecule has 0 bridgehead atoms. The maximum Gasteiger partial charge on any atom is 0.288 e. The molecule has 0 saturated heterocycles. The number of nitrogens with one attached hydrogen (secondary N) is 2. The molecule has 21 heavy (non-hydrogen) atoms. The van der Waals surface area contributed by atoms with Gasteiger partial charge < -0.3 is 10.6 Å². The zero-order valence-electron chi connectivity index (χ0n) is 12.0. The van der Waals surface area contributed by atoms with Crippen LogP contribution >= 0.6 is 15.9 Å². The van der Waals surface area contributed by atoms with Crippen molar-refractivity contribution >= 4 is 27.4 Å². The van der Waals surface area contributed by atoms with E-state index in [0.29, 0.717) is 16.3 Å². The highest BCUT2D eigenvalue weighted by atomic mass is 79.9. The Morgan fingerprint density at radius 3 is 2.62 bits per heavy atom. The van der Waals surface area contributed by atoms with Crippen LogP contribution in [0.5, 0.6) is 0 Å². The van der Waals surface area contributed by atoms with Gasteiger partial charge in [0, 0.05) is 25.2 Å². The Bertz CT molecular complexity index is 476. The number of aromatic nitrogens is 1. The van der Waals surface area contributed by atoms with Gasteiger partial charge in [-0.2, -0.15) is 0 Å². The van der Waals surface area contributed by atoms with Crippen LogP contribution < -0.4 is 10.6 Å². The zero-order valence-corrected chi connectivity index (χ0v) is 13.6. The maximum atomic E-state index is 10.6. The summed E-state index contributed by atoms with van der Waals surface area (Å²) in [6, 6.07) is 2.09. The van der Waals surface area contributed by atoms with Gasteiger partial charge in [0.1, 0.15) is 12.0 Å². The molecule has 1 fully saturated rings. The van der Waals surface area contributed by atoms with Gasteiger partial charge in [-0.25, -0.2) is 4.98 Å². The number of nitrogens with zero attached hydrogens (tertiary/aromatic N) is 2. The second-order valence-corrected chi connectivity index (χ2v) is 6.20. The molecule has 1 aliphatic carbocycles. The topological polar surface area (TPSA) is 80.1 Å². The molecular weight excluding hydrogens is 336 g/mol. The summed E-state index contributed by atoms with van der Waals surface area (Å²) in [5.74, 6) is 0.642. The van der Waals surface area contributed by atoms with Gasteiger partial charge in [-0.3, -0.25) is 10.1 Å². The van der Waals surface area contributed by atoms with E-state index in [1.54, 1.807) is 0 Å². The Hall–Kier alpha value is -1.21. The standard InChI is InChI=1S/C14H21BrN4O2/c15-13-9-12(19(20)21)10-18-14(13)17-8-7-16-11-5-3-1-2-4-6-11/h9-11,16H,1-8H2,(H,17,18). The highest BCUT2D eigenvalue weighted by molar-refractivity contribution is 9.10. The summed E-state index contributed by atoms with van der Waals surface area (Å²) in [7, 11) is 0. The van der Waals surface area contributed by atoms with Gasteiger partial charge in [0.2, 0.25) is 0 Å². The van der Waals surface area contributed by atoms with E-state index in [9.17, 15) is 10.1 Å². The fraction of sp³-hybridized carbons (Fsp3) is 0.643. The van der Waals surface area contributed by atoms with E-state index >= 15 is 0 Å². The van der Waals surface area contributed by atoms with Gasteiger partial charge >= 0.3 is 0 Å². The Morgan fingerprint density at radius 2 is 2.00 bits per heavy atom. The predicted octanol–water partition coefficient (Wildman–Crippen LogP) is 3.48. The summed E-state index contributed by atoms with van der Waals surface area (Å²) in [5, 5.41) is 17.4. The smallest absolute Gasteiger partial charge is 0.288 e. The minimum Gasteiger partial charge on any atom is -0.368 e. The Morgan fingerprint density at radius 1 is 1.29 bits per heavy atom. The molecule has 1 aliphatic rings. The molecule has 0 unspecified atom stereocenters. The fourth-order valence-corrected chi connectivity index (χ4v) is 3.08. The number of anilines is 1. The molecule has 1 saturated carbocycles. The SMILES string of the molecule is O=[N+]([O-])c1cnc(NCCNC2CCCCCC2)c(Br)c1. The highest BCUT2D eigenvalue weighted by Gasteiger charge is 2.12. The molecule has 0 spiro atoms. The molecule has 6 nitrogen and oxygen atoms in total. The third-order valence-corrected chi connectivity index (χ3v) is 4.35. The number of nitro groups is 1. The fourth-order valence-electron chi connectivity index (χ4n) is 2.60. The van der Waals surface area contributed by atoms with Crippen LogP contribution in [0.15, 0.2) is 16.7 Å². The second kappa shape index (κ2) is 8.29. The molecule has 1 aromatic rings. The zero-order chi connectivity index (χ0) is 15.1. The Balaban J connectivity index is 1.74. The van der Waals surface area contributed by atoms with Crippen LogP contribution in [0.3, 0.4) is 0 Å². The predicted molar refractivity (Wildman–Crippen MR) is 86.6 cm³/mol. The first-order valence-electron chi connectivity index (χ1n) is 7.44. The van der Waals surface area contributed by atoms with E-state index in [1.807, 2.05) is 0 Å². The van der Waals surface area contributed by atoms with Crippen molar-refractivity contribution in [2.45, 2.75) is 44.6 Å². The number of rotatable bonds is 6. The van der Waals surface area contributed by atoms with Crippen LogP contribution in [0.1, 0.15) is 38.5 Å². The van der Waals surface area contributed by atoms with Gasteiger partial charge in [-0.05, 0) is 28.8 Å². The monoisotopic (exact) mass is 356 g/mol. The first kappa shape index (κ1) is 16.2. The molecule has 0 aliphatic heterocycles. The third kappa shape index (κ3) is 5.24. The average Bonchev–Trinajstić information content (AvgIpc) is 2.73. The molecule has 1 heterocycles. The number of hydrogen-bond donors (Lipinski definition) is 2. The number of hydrogen-bond acceptors (Lipinski definition) is 5. The van der Waals surface area contributed by atoms with Crippen molar-refractivity contribution in [3.05, 3.63) is 26.9 Å².